The highest BCUT2D eigenvalue weighted by atomic mass is 35.5. The predicted molar refractivity (Wildman–Crippen MR) is 186 cm³/mol. The van der Waals surface area contributed by atoms with E-state index in [-0.39, 0.29) is 36.9 Å². The fourth-order valence-corrected chi connectivity index (χ4v) is 8.64. The summed E-state index contributed by atoms with van der Waals surface area (Å²) in [4.78, 5) is 0. The fourth-order valence-electron chi connectivity index (χ4n) is 8.00. The molecule has 4 aliphatic rings. The van der Waals surface area contributed by atoms with Crippen LogP contribution in [-0.2, 0) is 9.47 Å². The number of benzene rings is 2. The van der Waals surface area contributed by atoms with Gasteiger partial charge in [0.05, 0.1) is 13.2 Å². The number of rotatable bonds is 10. The van der Waals surface area contributed by atoms with Crippen LogP contribution in [0.4, 0.5) is 17.6 Å². The molecule has 4 fully saturated rings. The average Bonchev–Trinajstić information content (AvgIpc) is 3.08. The molecule has 4 atom stereocenters. The third-order valence-electron chi connectivity index (χ3n) is 11.0. The van der Waals surface area contributed by atoms with Gasteiger partial charge < -0.3 is 20.1 Å². The Balaban J connectivity index is 0.000000188. The van der Waals surface area contributed by atoms with E-state index in [2.05, 4.69) is 10.6 Å². The zero-order chi connectivity index (χ0) is 33.9. The Bertz CT molecular complexity index is 1160. The van der Waals surface area contributed by atoms with Crippen molar-refractivity contribution in [1.82, 2.24) is 10.6 Å². The normalized spacial score (nSPS) is 31.1. The first-order chi connectivity index (χ1) is 23.3. The summed E-state index contributed by atoms with van der Waals surface area (Å²) in [6.45, 7) is 3.50. The van der Waals surface area contributed by atoms with Gasteiger partial charge in [-0.1, -0.05) is 35.3 Å². The lowest BCUT2D eigenvalue weighted by Gasteiger charge is -2.31. The SMILES string of the molecule is Fc1ccc(C2CCC(CCNC3CCOCC3F)CC2)c(Cl)c1.Fc1ccc(C2CCC(CCNC3CCOCC3F)CC2)c(Cl)c1. The lowest BCUT2D eigenvalue weighted by atomic mass is 9.77. The van der Waals surface area contributed by atoms with Gasteiger partial charge in [0.15, 0.2) is 0 Å². The third kappa shape index (κ3) is 11.3. The maximum Gasteiger partial charge on any atom is 0.139 e. The van der Waals surface area contributed by atoms with Gasteiger partial charge in [-0.25, -0.2) is 17.6 Å². The Morgan fingerprint density at radius 2 is 0.979 bits per heavy atom. The molecule has 0 bridgehead atoms. The third-order valence-corrected chi connectivity index (χ3v) is 11.6. The maximum atomic E-state index is 13.7. The molecule has 0 spiro atoms. The molecule has 0 amide bonds. The molecule has 6 rings (SSSR count). The topological polar surface area (TPSA) is 42.5 Å². The molecule has 2 saturated heterocycles. The lowest BCUT2D eigenvalue weighted by Crippen LogP contribution is -2.44. The van der Waals surface area contributed by atoms with Crippen molar-refractivity contribution in [2.45, 2.75) is 113 Å². The molecule has 4 nitrogen and oxygen atoms in total. The quantitative estimate of drug-likeness (QED) is 0.241. The predicted octanol–water partition coefficient (Wildman–Crippen LogP) is 9.72. The maximum absolute atomic E-state index is 13.7. The van der Waals surface area contributed by atoms with E-state index in [4.69, 9.17) is 32.7 Å². The van der Waals surface area contributed by atoms with Crippen molar-refractivity contribution in [3.05, 3.63) is 69.2 Å². The highest BCUT2D eigenvalue weighted by Crippen LogP contribution is 2.41. The first-order valence-electron chi connectivity index (χ1n) is 18.1. The molecule has 268 valence electrons. The summed E-state index contributed by atoms with van der Waals surface area (Å²) in [7, 11) is 0. The van der Waals surface area contributed by atoms with Gasteiger partial charge in [0.25, 0.3) is 0 Å². The highest BCUT2D eigenvalue weighted by Gasteiger charge is 2.28. The van der Waals surface area contributed by atoms with Crippen molar-refractivity contribution >= 4 is 23.2 Å². The van der Waals surface area contributed by atoms with Crippen LogP contribution in [0.5, 0.6) is 0 Å². The minimum Gasteiger partial charge on any atom is -0.378 e. The zero-order valence-electron chi connectivity index (χ0n) is 27.9. The van der Waals surface area contributed by atoms with E-state index in [9.17, 15) is 17.6 Å². The van der Waals surface area contributed by atoms with Gasteiger partial charge in [0.1, 0.15) is 24.0 Å². The van der Waals surface area contributed by atoms with Gasteiger partial charge in [-0.15, -0.1) is 0 Å². The van der Waals surface area contributed by atoms with Crippen LogP contribution in [0.2, 0.25) is 10.0 Å². The number of ether oxygens (including phenoxy) is 2. The molecular weight excluding hydrogens is 663 g/mol. The van der Waals surface area contributed by atoms with Gasteiger partial charge in [-0.2, -0.15) is 0 Å². The Morgan fingerprint density at radius 3 is 1.33 bits per heavy atom. The van der Waals surface area contributed by atoms with E-state index in [1.54, 1.807) is 0 Å². The van der Waals surface area contributed by atoms with Gasteiger partial charge in [0.2, 0.25) is 0 Å². The van der Waals surface area contributed by atoms with Gasteiger partial charge in [0, 0.05) is 35.3 Å². The smallest absolute Gasteiger partial charge is 0.139 e. The van der Waals surface area contributed by atoms with Gasteiger partial charge >= 0.3 is 0 Å². The first kappa shape index (κ1) is 37.8. The van der Waals surface area contributed by atoms with E-state index in [1.165, 1.54) is 24.3 Å². The van der Waals surface area contributed by atoms with E-state index in [0.29, 0.717) is 46.9 Å². The monoisotopic (exact) mass is 714 g/mol. The second kappa shape index (κ2) is 19.3. The van der Waals surface area contributed by atoms with Crippen LogP contribution < -0.4 is 10.6 Å². The molecule has 0 radical (unpaired) electrons. The lowest BCUT2D eigenvalue weighted by molar-refractivity contribution is 0.0136. The number of hydrogen-bond acceptors (Lipinski definition) is 4. The van der Waals surface area contributed by atoms with Crippen molar-refractivity contribution < 1.29 is 27.0 Å². The van der Waals surface area contributed by atoms with Crippen molar-refractivity contribution in [2.75, 3.05) is 39.5 Å². The highest BCUT2D eigenvalue weighted by molar-refractivity contribution is 6.31. The van der Waals surface area contributed by atoms with Crippen LogP contribution in [-0.4, -0.2) is 63.9 Å². The average molecular weight is 716 g/mol. The van der Waals surface area contributed by atoms with Crippen LogP contribution >= 0.6 is 23.2 Å². The van der Waals surface area contributed by atoms with Crippen LogP contribution in [0.25, 0.3) is 0 Å². The Labute approximate surface area is 294 Å². The molecule has 4 unspecified atom stereocenters. The molecule has 2 aromatic rings. The van der Waals surface area contributed by atoms with Crippen LogP contribution in [0.15, 0.2) is 36.4 Å². The van der Waals surface area contributed by atoms with E-state index in [0.717, 1.165) is 101 Å². The standard InChI is InChI=1S/2C19H26ClF2NO/c2*20-17-11-15(21)5-6-16(17)14-3-1-13(2-4-14)7-9-23-19-8-10-24-12-18(19)22/h2*5-6,11,13-14,18-19,23H,1-4,7-10,12H2. The summed E-state index contributed by atoms with van der Waals surface area (Å²) in [5.74, 6) is 1.70. The van der Waals surface area contributed by atoms with E-state index >= 15 is 0 Å². The summed E-state index contributed by atoms with van der Waals surface area (Å²) in [5.41, 5.74) is 2.16. The summed E-state index contributed by atoms with van der Waals surface area (Å²) < 4.78 is 64.0. The van der Waals surface area contributed by atoms with Crippen LogP contribution in [0.1, 0.15) is 100 Å². The largest absolute Gasteiger partial charge is 0.378 e. The van der Waals surface area contributed by atoms with Crippen molar-refractivity contribution in [2.24, 2.45) is 11.8 Å². The van der Waals surface area contributed by atoms with Crippen molar-refractivity contribution in [3.63, 3.8) is 0 Å². The number of nitrogens with one attached hydrogen (secondary N) is 2. The molecule has 2 aromatic carbocycles. The molecule has 0 aromatic heterocycles. The molecule has 2 aliphatic carbocycles. The minimum absolute atomic E-state index is 0.0480. The first-order valence-corrected chi connectivity index (χ1v) is 18.8. The van der Waals surface area contributed by atoms with Crippen molar-refractivity contribution in [3.8, 4) is 0 Å². The molecule has 10 heteroatoms. The molecular formula is C38H52Cl2F4N2O2. The Morgan fingerprint density at radius 1 is 0.583 bits per heavy atom. The Hall–Kier alpha value is -1.42. The number of hydrogen-bond donors (Lipinski definition) is 2. The number of halogens is 6. The van der Waals surface area contributed by atoms with E-state index < -0.39 is 12.3 Å². The second-order valence-electron chi connectivity index (χ2n) is 14.2. The summed E-state index contributed by atoms with van der Waals surface area (Å²) in [6.07, 6.45) is 11.0. The van der Waals surface area contributed by atoms with Gasteiger partial charge in [-0.05, 0) is 149 Å². The van der Waals surface area contributed by atoms with Crippen LogP contribution in [0, 0.1) is 23.5 Å². The van der Waals surface area contributed by atoms with Crippen LogP contribution in [0.3, 0.4) is 0 Å². The molecule has 2 saturated carbocycles. The summed E-state index contributed by atoms with van der Waals surface area (Å²) >= 11 is 12.4. The fraction of sp³-hybridized carbons (Fsp3) is 0.684. The molecule has 2 heterocycles. The zero-order valence-corrected chi connectivity index (χ0v) is 29.4. The van der Waals surface area contributed by atoms with Gasteiger partial charge in [-0.3, -0.25) is 0 Å². The summed E-state index contributed by atoms with van der Waals surface area (Å²) in [6, 6.07) is 9.38. The van der Waals surface area contributed by atoms with Crippen molar-refractivity contribution in [1.29, 1.82) is 0 Å². The molecule has 2 aliphatic heterocycles. The number of alkyl halides is 2. The molecule has 48 heavy (non-hydrogen) atoms. The second-order valence-corrected chi connectivity index (χ2v) is 15.0. The summed E-state index contributed by atoms with van der Waals surface area (Å²) in [5, 5.41) is 7.82. The Kier molecular flexibility index (Phi) is 15.2. The minimum atomic E-state index is -0.880. The molecule has 2 N–H and O–H groups in total. The van der Waals surface area contributed by atoms with E-state index in [1.807, 2.05) is 12.1 Å².